The fourth-order valence-electron chi connectivity index (χ4n) is 6.08. The third-order valence-electron chi connectivity index (χ3n) is 8.09. The van der Waals surface area contributed by atoms with Crippen LogP contribution in [0.4, 0.5) is 0 Å². The number of rotatable bonds is 6. The minimum Gasteiger partial charge on any atom is -0.321 e. The Morgan fingerprint density at radius 3 is 1.95 bits per heavy atom. The summed E-state index contributed by atoms with van der Waals surface area (Å²) in [6.45, 7) is 11.5. The first-order valence-electron chi connectivity index (χ1n) is 14.3. The van der Waals surface area contributed by atoms with Crippen molar-refractivity contribution < 1.29 is 0 Å². The Hall–Kier alpha value is -4.14. The third kappa shape index (κ3) is 5.33. The van der Waals surface area contributed by atoms with Crippen molar-refractivity contribution in [3.05, 3.63) is 123 Å². The maximum Gasteiger partial charge on any atom is 0.253 e. The summed E-state index contributed by atoms with van der Waals surface area (Å²) in [5, 5.41) is 14.0. The average Bonchev–Trinajstić information content (AvgIpc) is 3.47. The summed E-state index contributed by atoms with van der Waals surface area (Å²) in [6.07, 6.45) is 0. The molecule has 0 radical (unpaired) electrons. The molecule has 0 bridgehead atoms. The Bertz CT molecular complexity index is 1640. The van der Waals surface area contributed by atoms with Crippen molar-refractivity contribution in [3.63, 3.8) is 0 Å². The molecule has 8 heteroatoms. The van der Waals surface area contributed by atoms with Gasteiger partial charge in [-0.1, -0.05) is 78.9 Å². The predicted octanol–water partition coefficient (Wildman–Crippen LogP) is 5.07. The number of nitrogens with zero attached hydrogens (tertiary/aromatic N) is 6. The van der Waals surface area contributed by atoms with Crippen molar-refractivity contribution in [3.8, 4) is 0 Å². The number of aromatic nitrogens is 5. The molecule has 0 amide bonds. The van der Waals surface area contributed by atoms with Crippen molar-refractivity contribution in [2.45, 2.75) is 45.3 Å². The predicted molar refractivity (Wildman–Crippen MR) is 162 cm³/mol. The van der Waals surface area contributed by atoms with Crippen LogP contribution in [0, 0.1) is 6.92 Å². The van der Waals surface area contributed by atoms with Gasteiger partial charge in [-0.25, -0.2) is 4.68 Å². The molecule has 0 spiro atoms. The van der Waals surface area contributed by atoms with Crippen molar-refractivity contribution in [1.29, 1.82) is 0 Å². The normalized spacial score (nSPS) is 15.9. The fraction of sp³-hybridized carbons (Fsp3) is 0.333. The Labute approximate surface area is 240 Å². The van der Waals surface area contributed by atoms with E-state index in [9.17, 15) is 4.79 Å². The van der Waals surface area contributed by atoms with Crippen LogP contribution in [-0.4, -0.2) is 61.2 Å². The zero-order valence-electron chi connectivity index (χ0n) is 24.2. The molecule has 1 fully saturated rings. The van der Waals surface area contributed by atoms with E-state index in [2.05, 4.69) is 112 Å². The van der Waals surface area contributed by atoms with Gasteiger partial charge in [0.2, 0.25) is 0 Å². The summed E-state index contributed by atoms with van der Waals surface area (Å²) in [5.41, 5.74) is 4.69. The van der Waals surface area contributed by atoms with Crippen LogP contribution in [0.1, 0.15) is 60.9 Å². The molecule has 6 rings (SSSR count). The minimum atomic E-state index is -0.382. The molecule has 0 aliphatic carbocycles. The number of tetrazole rings is 1. The molecule has 1 aliphatic heterocycles. The standard InChI is InChI=1S/C33H37N7O/c1-23-12-11-17-26-22-27(32(41)34-28(23)26)30(31-35-36-37-40(31)33(2,3)4)39-20-18-38(19-21-39)29(24-13-7-5-8-14-24)25-15-9-6-10-16-25/h5-17,22,29-30H,18-21H2,1-4H3,(H,34,41)/t30-/m1/s1. The first-order valence-corrected chi connectivity index (χ1v) is 14.3. The Morgan fingerprint density at radius 1 is 0.780 bits per heavy atom. The maximum absolute atomic E-state index is 13.7. The monoisotopic (exact) mass is 547 g/mol. The molecular formula is C33H37N7O. The topological polar surface area (TPSA) is 82.9 Å². The molecule has 41 heavy (non-hydrogen) atoms. The lowest BCUT2D eigenvalue weighted by Crippen LogP contribution is -2.50. The van der Waals surface area contributed by atoms with E-state index in [0.717, 1.165) is 42.6 Å². The summed E-state index contributed by atoms with van der Waals surface area (Å²) in [4.78, 5) is 21.8. The van der Waals surface area contributed by atoms with E-state index in [1.807, 2.05) is 35.9 Å². The summed E-state index contributed by atoms with van der Waals surface area (Å²) in [5.74, 6) is 0.686. The smallest absolute Gasteiger partial charge is 0.253 e. The highest BCUT2D eigenvalue weighted by molar-refractivity contribution is 5.82. The molecule has 3 heterocycles. The Morgan fingerprint density at radius 2 is 1.37 bits per heavy atom. The number of hydrogen-bond acceptors (Lipinski definition) is 6. The molecule has 8 nitrogen and oxygen atoms in total. The van der Waals surface area contributed by atoms with Crippen LogP contribution in [0.3, 0.4) is 0 Å². The number of hydrogen-bond donors (Lipinski definition) is 1. The van der Waals surface area contributed by atoms with Crippen LogP contribution in [0.15, 0.2) is 89.7 Å². The van der Waals surface area contributed by atoms with E-state index in [-0.39, 0.29) is 23.2 Å². The van der Waals surface area contributed by atoms with E-state index in [4.69, 9.17) is 0 Å². The molecule has 2 aromatic heterocycles. The Kier molecular flexibility index (Phi) is 7.28. The summed E-state index contributed by atoms with van der Waals surface area (Å²) in [7, 11) is 0. The van der Waals surface area contributed by atoms with E-state index in [0.29, 0.717) is 11.4 Å². The Balaban J connectivity index is 1.38. The molecule has 0 saturated carbocycles. The second kappa shape index (κ2) is 11.0. The molecule has 1 saturated heterocycles. The lowest BCUT2D eigenvalue weighted by Gasteiger charge is -2.42. The van der Waals surface area contributed by atoms with Crippen molar-refractivity contribution >= 4 is 10.9 Å². The van der Waals surface area contributed by atoms with Gasteiger partial charge >= 0.3 is 0 Å². The van der Waals surface area contributed by atoms with Crippen LogP contribution in [0.5, 0.6) is 0 Å². The highest BCUT2D eigenvalue weighted by Crippen LogP contribution is 2.34. The lowest BCUT2D eigenvalue weighted by molar-refractivity contribution is 0.0839. The molecule has 1 atom stereocenters. The van der Waals surface area contributed by atoms with E-state index < -0.39 is 0 Å². The van der Waals surface area contributed by atoms with Crippen LogP contribution < -0.4 is 5.56 Å². The molecule has 1 aliphatic rings. The third-order valence-corrected chi connectivity index (χ3v) is 8.09. The van der Waals surface area contributed by atoms with Crippen molar-refractivity contribution in [1.82, 2.24) is 35.0 Å². The zero-order chi connectivity index (χ0) is 28.6. The fourth-order valence-corrected chi connectivity index (χ4v) is 6.08. The number of nitrogens with one attached hydrogen (secondary N) is 1. The first-order chi connectivity index (χ1) is 19.8. The lowest BCUT2D eigenvalue weighted by atomic mass is 9.95. The quantitative estimate of drug-likeness (QED) is 0.320. The van der Waals surface area contributed by atoms with Crippen molar-refractivity contribution in [2.24, 2.45) is 0 Å². The molecule has 5 aromatic rings. The van der Waals surface area contributed by atoms with Crippen molar-refractivity contribution in [2.75, 3.05) is 26.2 Å². The number of piperazine rings is 1. The number of pyridine rings is 1. The molecule has 1 N–H and O–H groups in total. The van der Waals surface area contributed by atoms with Crippen LogP contribution in [0.25, 0.3) is 10.9 Å². The molecule has 0 unspecified atom stereocenters. The summed E-state index contributed by atoms with van der Waals surface area (Å²) >= 11 is 0. The van der Waals surface area contributed by atoms with Gasteiger partial charge in [0.15, 0.2) is 5.82 Å². The van der Waals surface area contributed by atoms with Gasteiger partial charge in [-0.05, 0) is 66.3 Å². The second-order valence-electron chi connectivity index (χ2n) is 11.9. The molecular weight excluding hydrogens is 510 g/mol. The average molecular weight is 548 g/mol. The van der Waals surface area contributed by atoms with Gasteiger partial charge < -0.3 is 4.98 Å². The number of H-pyrrole nitrogens is 1. The SMILES string of the molecule is Cc1cccc2cc([C@H](c3nnnn3C(C)(C)C)N3CCN(C(c4ccccc4)c4ccccc4)CC3)c(=O)[nH]c12. The van der Waals surface area contributed by atoms with Gasteiger partial charge in [0.25, 0.3) is 5.56 Å². The van der Waals surface area contributed by atoms with E-state index in [1.54, 1.807) is 0 Å². The number of aryl methyl sites for hydroxylation is 1. The first kappa shape index (κ1) is 27.1. The van der Waals surface area contributed by atoms with Gasteiger partial charge in [0.1, 0.15) is 6.04 Å². The second-order valence-corrected chi connectivity index (χ2v) is 11.9. The number of aromatic amines is 1. The number of fused-ring (bicyclic) bond motifs is 1. The van der Waals surface area contributed by atoms with Gasteiger partial charge in [-0.15, -0.1) is 5.10 Å². The highest BCUT2D eigenvalue weighted by atomic mass is 16.1. The molecule has 3 aromatic carbocycles. The van der Waals surface area contributed by atoms with Gasteiger partial charge in [0, 0.05) is 31.7 Å². The number of para-hydroxylation sites is 1. The largest absolute Gasteiger partial charge is 0.321 e. The zero-order valence-corrected chi connectivity index (χ0v) is 24.2. The van der Waals surface area contributed by atoms with Crippen LogP contribution in [0.2, 0.25) is 0 Å². The summed E-state index contributed by atoms with van der Waals surface area (Å²) < 4.78 is 1.86. The van der Waals surface area contributed by atoms with Gasteiger partial charge in [0.05, 0.1) is 17.1 Å². The summed E-state index contributed by atoms with van der Waals surface area (Å²) in [6, 6.07) is 29.3. The molecule has 210 valence electrons. The van der Waals surface area contributed by atoms with Gasteiger partial charge in [-0.3, -0.25) is 14.6 Å². The maximum atomic E-state index is 13.7. The van der Waals surface area contributed by atoms with E-state index in [1.165, 1.54) is 11.1 Å². The van der Waals surface area contributed by atoms with Crippen LogP contribution in [-0.2, 0) is 5.54 Å². The highest BCUT2D eigenvalue weighted by Gasteiger charge is 2.36. The number of benzene rings is 3. The van der Waals surface area contributed by atoms with E-state index >= 15 is 0 Å². The minimum absolute atomic E-state index is 0.103. The van der Waals surface area contributed by atoms with Gasteiger partial charge in [-0.2, -0.15) is 0 Å². The van der Waals surface area contributed by atoms with Crippen LogP contribution >= 0.6 is 0 Å².